The lowest BCUT2D eigenvalue weighted by Crippen LogP contribution is -2.40. The molecule has 11 heteroatoms. The van der Waals surface area contributed by atoms with Crippen molar-refractivity contribution in [2.24, 2.45) is 0 Å². The van der Waals surface area contributed by atoms with Gasteiger partial charge in [-0.15, -0.1) is 10.2 Å². The molecular formula is C20H18N6O4S. The van der Waals surface area contributed by atoms with E-state index in [2.05, 4.69) is 15.5 Å². The van der Waals surface area contributed by atoms with Gasteiger partial charge >= 0.3 is 6.03 Å². The van der Waals surface area contributed by atoms with Crippen molar-refractivity contribution >= 4 is 40.9 Å². The number of nitrogens with zero attached hydrogens (tertiary/aromatic N) is 5. The van der Waals surface area contributed by atoms with E-state index in [4.69, 9.17) is 0 Å². The molecule has 0 saturated carbocycles. The third kappa shape index (κ3) is 4.56. The van der Waals surface area contributed by atoms with E-state index >= 15 is 0 Å². The molecule has 1 aromatic heterocycles. The lowest BCUT2D eigenvalue weighted by atomic mass is 10.1. The molecule has 31 heavy (non-hydrogen) atoms. The molecule has 1 N–H and O–H groups in total. The third-order valence-corrected chi connectivity index (χ3v) is 5.67. The molecule has 0 fully saturated rings. The molecule has 2 aromatic carbocycles. The summed E-state index contributed by atoms with van der Waals surface area (Å²) in [4.78, 5) is 36.9. The Morgan fingerprint density at radius 3 is 2.52 bits per heavy atom. The van der Waals surface area contributed by atoms with Crippen molar-refractivity contribution in [1.29, 1.82) is 0 Å². The number of hydrogen-bond acceptors (Lipinski definition) is 7. The molecule has 2 heterocycles. The van der Waals surface area contributed by atoms with Crippen LogP contribution in [0.5, 0.6) is 0 Å². The average molecular weight is 438 g/mol. The SMILES string of the molecule is O=C(CSc1nnc2n1CCCN2C(=O)Nc1ccccc1)c1ccc([N+](=O)[O-])cc1. The smallest absolute Gasteiger partial charge is 0.307 e. The molecule has 0 radical (unpaired) electrons. The largest absolute Gasteiger partial charge is 0.328 e. The maximum Gasteiger partial charge on any atom is 0.328 e. The highest BCUT2D eigenvalue weighted by molar-refractivity contribution is 7.99. The van der Waals surface area contributed by atoms with Crippen molar-refractivity contribution < 1.29 is 14.5 Å². The number of hydrogen-bond donors (Lipinski definition) is 1. The number of carbonyl (C=O) groups excluding carboxylic acids is 2. The van der Waals surface area contributed by atoms with E-state index in [1.54, 1.807) is 12.1 Å². The Bertz CT molecular complexity index is 1120. The number of thioether (sulfide) groups is 1. The van der Waals surface area contributed by atoms with Crippen molar-refractivity contribution in [1.82, 2.24) is 14.8 Å². The lowest BCUT2D eigenvalue weighted by molar-refractivity contribution is -0.384. The average Bonchev–Trinajstić information content (AvgIpc) is 3.21. The number of anilines is 2. The minimum atomic E-state index is -0.509. The molecular weight excluding hydrogens is 420 g/mol. The molecule has 0 bridgehead atoms. The van der Waals surface area contributed by atoms with Gasteiger partial charge in [-0.25, -0.2) is 4.79 Å². The molecule has 0 spiro atoms. The maximum absolute atomic E-state index is 12.7. The third-order valence-electron chi connectivity index (χ3n) is 4.70. The van der Waals surface area contributed by atoms with E-state index in [1.165, 1.54) is 40.9 Å². The van der Waals surface area contributed by atoms with Crippen LogP contribution in [0.15, 0.2) is 59.8 Å². The normalized spacial score (nSPS) is 12.8. The topological polar surface area (TPSA) is 123 Å². The van der Waals surface area contributed by atoms with Crippen LogP contribution >= 0.6 is 11.8 Å². The molecule has 1 aliphatic rings. The van der Waals surface area contributed by atoms with E-state index in [9.17, 15) is 19.7 Å². The number of non-ortho nitro benzene ring substituents is 1. The molecule has 1 aliphatic heterocycles. The predicted octanol–water partition coefficient (Wildman–Crippen LogP) is 3.60. The van der Waals surface area contributed by atoms with Gasteiger partial charge in [0.05, 0.1) is 10.7 Å². The Balaban J connectivity index is 1.42. The maximum atomic E-state index is 12.7. The number of benzene rings is 2. The van der Waals surface area contributed by atoms with Crippen LogP contribution in [0.25, 0.3) is 0 Å². The van der Waals surface area contributed by atoms with Gasteiger partial charge in [0.2, 0.25) is 5.95 Å². The number of urea groups is 1. The molecule has 0 unspecified atom stereocenters. The van der Waals surface area contributed by atoms with E-state index < -0.39 is 4.92 Å². The summed E-state index contributed by atoms with van der Waals surface area (Å²) in [6.45, 7) is 1.16. The van der Waals surface area contributed by atoms with Gasteiger partial charge in [0, 0.05) is 36.5 Å². The summed E-state index contributed by atoms with van der Waals surface area (Å²) >= 11 is 1.22. The first-order valence-electron chi connectivity index (χ1n) is 9.50. The van der Waals surface area contributed by atoms with Crippen LogP contribution in [0.3, 0.4) is 0 Å². The zero-order valence-corrected chi connectivity index (χ0v) is 17.1. The Morgan fingerprint density at radius 1 is 1.06 bits per heavy atom. The number of fused-ring (bicyclic) bond motifs is 1. The summed E-state index contributed by atoms with van der Waals surface area (Å²) in [6.07, 6.45) is 0.733. The van der Waals surface area contributed by atoms with Crippen LogP contribution in [-0.4, -0.2) is 43.8 Å². The fourth-order valence-corrected chi connectivity index (χ4v) is 4.01. The van der Waals surface area contributed by atoms with Gasteiger partial charge < -0.3 is 5.32 Å². The number of para-hydroxylation sites is 1. The second-order valence-corrected chi connectivity index (χ2v) is 7.69. The molecule has 0 saturated heterocycles. The molecule has 0 atom stereocenters. The van der Waals surface area contributed by atoms with Crippen LogP contribution in [0, 0.1) is 10.1 Å². The molecule has 0 aliphatic carbocycles. The zero-order valence-electron chi connectivity index (χ0n) is 16.3. The van der Waals surface area contributed by atoms with Gasteiger partial charge in [-0.3, -0.25) is 24.4 Å². The second-order valence-electron chi connectivity index (χ2n) is 6.75. The van der Waals surface area contributed by atoms with E-state index in [0.29, 0.717) is 35.4 Å². The quantitative estimate of drug-likeness (QED) is 0.270. The van der Waals surface area contributed by atoms with Gasteiger partial charge in [-0.1, -0.05) is 30.0 Å². The number of nitro benzene ring substituents is 1. The van der Waals surface area contributed by atoms with E-state index in [0.717, 1.165) is 6.42 Å². The number of carbonyl (C=O) groups is 2. The second kappa shape index (κ2) is 8.96. The first kappa shape index (κ1) is 20.5. The van der Waals surface area contributed by atoms with Crippen molar-refractivity contribution in [3.8, 4) is 0 Å². The summed E-state index contributed by atoms with van der Waals surface area (Å²) in [5.74, 6) is 0.364. The number of nitro groups is 1. The van der Waals surface area contributed by atoms with Crippen LogP contribution in [-0.2, 0) is 6.54 Å². The Labute approximate surface area is 181 Å². The Hall–Kier alpha value is -3.73. The summed E-state index contributed by atoms with van der Waals surface area (Å²) < 4.78 is 1.82. The highest BCUT2D eigenvalue weighted by Gasteiger charge is 2.27. The fraction of sp³-hybridized carbons (Fsp3) is 0.200. The van der Waals surface area contributed by atoms with Gasteiger partial charge in [-0.05, 0) is 30.7 Å². The zero-order chi connectivity index (χ0) is 21.8. The van der Waals surface area contributed by atoms with Crippen LogP contribution in [0.4, 0.5) is 22.1 Å². The van der Waals surface area contributed by atoms with Crippen molar-refractivity contribution in [3.05, 3.63) is 70.3 Å². The van der Waals surface area contributed by atoms with Crippen molar-refractivity contribution in [2.45, 2.75) is 18.1 Å². The summed E-state index contributed by atoms with van der Waals surface area (Å²) in [7, 11) is 0. The van der Waals surface area contributed by atoms with Crippen LogP contribution < -0.4 is 10.2 Å². The highest BCUT2D eigenvalue weighted by Crippen LogP contribution is 2.27. The Morgan fingerprint density at radius 2 is 1.81 bits per heavy atom. The number of rotatable bonds is 6. The standard InChI is InChI=1S/C20H18N6O4S/c27-17(14-7-9-16(10-8-14)26(29)30)13-31-20-23-22-18-24(11-4-12-25(18)20)19(28)21-15-5-2-1-3-6-15/h1-3,5-10H,4,11-13H2,(H,21,28). The number of Topliss-reactive ketones (excluding diaryl/α,β-unsaturated/α-hetero) is 1. The lowest BCUT2D eigenvalue weighted by Gasteiger charge is -2.27. The van der Waals surface area contributed by atoms with Crippen molar-refractivity contribution in [3.63, 3.8) is 0 Å². The number of aromatic nitrogens is 3. The monoisotopic (exact) mass is 438 g/mol. The number of ketones is 1. The minimum Gasteiger partial charge on any atom is -0.307 e. The summed E-state index contributed by atoms with van der Waals surface area (Å²) in [6, 6.07) is 14.4. The minimum absolute atomic E-state index is 0.0652. The molecule has 4 rings (SSSR count). The number of amides is 2. The van der Waals surface area contributed by atoms with Gasteiger partial charge in [0.15, 0.2) is 10.9 Å². The predicted molar refractivity (Wildman–Crippen MR) is 116 cm³/mol. The molecule has 3 aromatic rings. The highest BCUT2D eigenvalue weighted by atomic mass is 32.2. The van der Waals surface area contributed by atoms with Gasteiger partial charge in [-0.2, -0.15) is 0 Å². The summed E-state index contributed by atoms with van der Waals surface area (Å²) in [5.41, 5.74) is 1.01. The fourth-order valence-electron chi connectivity index (χ4n) is 3.16. The van der Waals surface area contributed by atoms with Crippen LogP contribution in [0.1, 0.15) is 16.8 Å². The van der Waals surface area contributed by atoms with Crippen molar-refractivity contribution in [2.75, 3.05) is 22.5 Å². The first-order valence-corrected chi connectivity index (χ1v) is 10.5. The van der Waals surface area contributed by atoms with Gasteiger partial charge in [0.25, 0.3) is 5.69 Å². The van der Waals surface area contributed by atoms with E-state index in [-0.39, 0.29) is 23.3 Å². The molecule has 158 valence electrons. The van der Waals surface area contributed by atoms with Gasteiger partial charge in [0.1, 0.15) is 0 Å². The van der Waals surface area contributed by atoms with Crippen LogP contribution in [0.2, 0.25) is 0 Å². The molecule has 2 amide bonds. The molecule has 10 nitrogen and oxygen atoms in total. The summed E-state index contributed by atoms with van der Waals surface area (Å²) in [5, 5.41) is 22.4. The van der Waals surface area contributed by atoms with E-state index in [1.807, 2.05) is 22.8 Å². The number of nitrogens with one attached hydrogen (secondary N) is 1. The first-order chi connectivity index (χ1) is 15.0. The Kier molecular flexibility index (Phi) is 5.94.